The van der Waals surface area contributed by atoms with Crippen LogP contribution in [0.25, 0.3) is 11.1 Å². The number of aliphatic carboxylic acids is 1. The average Bonchev–Trinajstić information content (AvgIpc) is 3.45. The summed E-state index contributed by atoms with van der Waals surface area (Å²) in [4.78, 5) is 24.4. The molecule has 0 heterocycles. The highest BCUT2D eigenvalue weighted by molar-refractivity contribution is 6.74. The maximum absolute atomic E-state index is 13.4. The first-order valence-electron chi connectivity index (χ1n) is 18.0. The van der Waals surface area contributed by atoms with Gasteiger partial charge in [0.2, 0.25) is 0 Å². The Kier molecular flexibility index (Phi) is 13.9. The predicted octanol–water partition coefficient (Wildman–Crippen LogP) is 10.9. The first-order chi connectivity index (χ1) is 23.3. The van der Waals surface area contributed by atoms with E-state index in [0.717, 1.165) is 55.4 Å². The molecule has 1 aliphatic carbocycles. The smallest absolute Gasteiger partial charge is 0.338 e. The van der Waals surface area contributed by atoms with Gasteiger partial charge in [-0.05, 0) is 86.1 Å². The second-order valence-corrected chi connectivity index (χ2v) is 19.7. The van der Waals surface area contributed by atoms with Crippen molar-refractivity contribution in [3.05, 3.63) is 102 Å². The van der Waals surface area contributed by atoms with Gasteiger partial charge in [-0.15, -0.1) is 0 Å². The van der Waals surface area contributed by atoms with E-state index in [2.05, 4.69) is 59.0 Å². The van der Waals surface area contributed by atoms with E-state index < -0.39 is 14.3 Å². The van der Waals surface area contributed by atoms with Gasteiger partial charge in [0.15, 0.2) is 8.32 Å². The number of carbonyl (C=O) groups is 2. The number of hydrogen-bond donors (Lipinski definition) is 1. The molecule has 3 aromatic rings. The third kappa shape index (κ3) is 11.4. The second-order valence-electron chi connectivity index (χ2n) is 14.9. The van der Waals surface area contributed by atoms with Gasteiger partial charge in [-0.3, -0.25) is 4.79 Å². The molecule has 264 valence electrons. The van der Waals surface area contributed by atoms with Crippen LogP contribution in [0.3, 0.4) is 0 Å². The van der Waals surface area contributed by atoms with Gasteiger partial charge in [-0.2, -0.15) is 0 Å². The molecule has 4 atom stereocenters. The van der Waals surface area contributed by atoms with Crippen molar-refractivity contribution in [3.63, 3.8) is 0 Å². The molecule has 1 aliphatic rings. The van der Waals surface area contributed by atoms with E-state index in [0.29, 0.717) is 18.4 Å². The maximum Gasteiger partial charge on any atom is 0.338 e. The molecule has 3 aromatic carbocycles. The fraction of sp³-hybridized carbons (Fsp3) is 0.476. The average molecular weight is 685 g/mol. The highest BCUT2D eigenvalue weighted by atomic mass is 28.4. The zero-order valence-electron chi connectivity index (χ0n) is 30.3. The molecule has 0 amide bonds. The van der Waals surface area contributed by atoms with E-state index in [1.807, 2.05) is 72.8 Å². The lowest BCUT2D eigenvalue weighted by atomic mass is 9.89. The molecule has 7 heteroatoms. The second kappa shape index (κ2) is 17.8. The van der Waals surface area contributed by atoms with Crippen molar-refractivity contribution in [1.82, 2.24) is 0 Å². The summed E-state index contributed by atoms with van der Waals surface area (Å²) >= 11 is 0. The molecule has 6 nitrogen and oxygen atoms in total. The summed E-state index contributed by atoms with van der Waals surface area (Å²) in [6.45, 7) is 13.5. The number of esters is 1. The lowest BCUT2D eigenvalue weighted by Gasteiger charge is -2.41. The molecule has 0 aliphatic heterocycles. The van der Waals surface area contributed by atoms with Crippen LogP contribution in [0.2, 0.25) is 18.1 Å². The van der Waals surface area contributed by atoms with Gasteiger partial charge in [-0.1, -0.05) is 112 Å². The molecule has 0 radical (unpaired) electrons. The van der Waals surface area contributed by atoms with Crippen LogP contribution in [0, 0.1) is 5.92 Å². The molecule has 1 N–H and O–H groups in total. The van der Waals surface area contributed by atoms with E-state index in [1.165, 1.54) is 5.57 Å². The summed E-state index contributed by atoms with van der Waals surface area (Å²) in [5.41, 5.74) is 4.03. The number of para-hydroxylation sites is 1. The number of unbranched alkanes of at least 4 members (excludes halogenated alkanes) is 3. The molecule has 0 spiro atoms. The summed E-state index contributed by atoms with van der Waals surface area (Å²) in [5.74, 6) is -0.0891. The summed E-state index contributed by atoms with van der Waals surface area (Å²) in [6.07, 6.45) is 8.73. The van der Waals surface area contributed by atoms with Crippen LogP contribution in [0.5, 0.6) is 5.75 Å². The number of benzene rings is 3. The van der Waals surface area contributed by atoms with Gasteiger partial charge in [0.05, 0.1) is 11.7 Å². The van der Waals surface area contributed by atoms with Crippen LogP contribution in [0.4, 0.5) is 0 Å². The van der Waals surface area contributed by atoms with Crippen LogP contribution < -0.4 is 4.74 Å². The lowest BCUT2D eigenvalue weighted by Crippen LogP contribution is -2.47. The van der Waals surface area contributed by atoms with Crippen molar-refractivity contribution in [1.29, 1.82) is 0 Å². The highest BCUT2D eigenvalue weighted by Gasteiger charge is 2.41. The molecule has 2 unspecified atom stereocenters. The molecular weight excluding hydrogens is 629 g/mol. The number of carboxylic acids is 1. The standard InChI is InChI=1S/C42H56O6Si/c1-31(46-36-19-13-10-14-20-36)38(48-49(5,6)42(2,3)4)29-27-34-28-30-39(37(34)21-15-7-8-16-22-40(43)44)47-41(45)35-25-23-33(24-26-35)32-17-11-9-12-18-32/h9-14,17-20,23-26,28,31,37-39H,7-8,15-16,21-22,27,29-30H2,1-6H3,(H,43,44)/t31?,37-,38?,39+/m1/s1. The van der Waals surface area contributed by atoms with Gasteiger partial charge in [0.1, 0.15) is 18.0 Å². The van der Waals surface area contributed by atoms with Crippen molar-refractivity contribution < 1.29 is 28.6 Å². The zero-order valence-corrected chi connectivity index (χ0v) is 31.3. The fourth-order valence-electron chi connectivity index (χ4n) is 6.28. The van der Waals surface area contributed by atoms with Crippen LogP contribution in [0.1, 0.15) is 95.8 Å². The van der Waals surface area contributed by atoms with E-state index in [4.69, 9.17) is 19.0 Å². The summed E-state index contributed by atoms with van der Waals surface area (Å²) in [7, 11) is -2.09. The quantitative estimate of drug-likeness (QED) is 0.0621. The van der Waals surface area contributed by atoms with Gasteiger partial charge in [-0.25, -0.2) is 4.79 Å². The minimum Gasteiger partial charge on any atom is -0.488 e. The maximum atomic E-state index is 13.4. The number of hydrogen-bond acceptors (Lipinski definition) is 5. The van der Waals surface area contributed by atoms with E-state index >= 15 is 0 Å². The first kappa shape index (κ1) is 38.1. The number of carboxylic acid groups (broad SMARTS) is 1. The van der Waals surface area contributed by atoms with Crippen LogP contribution in [0.15, 0.2) is 96.6 Å². The number of carbonyl (C=O) groups excluding carboxylic acids is 1. The molecule has 0 fully saturated rings. The Morgan fingerprint density at radius 1 is 0.857 bits per heavy atom. The third-order valence-corrected chi connectivity index (χ3v) is 14.7. The minimum atomic E-state index is -2.09. The highest BCUT2D eigenvalue weighted by Crippen LogP contribution is 2.40. The first-order valence-corrected chi connectivity index (χ1v) is 20.9. The summed E-state index contributed by atoms with van der Waals surface area (Å²) in [6, 6.07) is 27.7. The van der Waals surface area contributed by atoms with Crippen molar-refractivity contribution in [2.45, 2.75) is 122 Å². The van der Waals surface area contributed by atoms with Crippen molar-refractivity contribution >= 4 is 20.3 Å². The Hall–Kier alpha value is -3.68. The summed E-state index contributed by atoms with van der Waals surface area (Å²) in [5, 5.41) is 9.09. The number of rotatable bonds is 18. The van der Waals surface area contributed by atoms with Crippen molar-refractivity contribution in [2.24, 2.45) is 5.92 Å². The predicted molar refractivity (Wildman–Crippen MR) is 200 cm³/mol. The van der Waals surface area contributed by atoms with E-state index in [9.17, 15) is 9.59 Å². The molecule has 4 rings (SSSR count). The molecule has 0 saturated heterocycles. The van der Waals surface area contributed by atoms with E-state index in [-0.39, 0.29) is 41.7 Å². The van der Waals surface area contributed by atoms with Crippen molar-refractivity contribution in [2.75, 3.05) is 0 Å². The minimum absolute atomic E-state index is 0.0616. The monoisotopic (exact) mass is 684 g/mol. The Bertz CT molecular complexity index is 1490. The normalized spacial score (nSPS) is 17.6. The topological polar surface area (TPSA) is 82.1 Å². The van der Waals surface area contributed by atoms with Gasteiger partial charge in [0.25, 0.3) is 0 Å². The SMILES string of the molecule is CC(Oc1ccccc1)C(CCC1=CC[C@H](OC(=O)c2ccc(-c3ccccc3)cc2)[C@@H]1CCCCCCC(=O)O)O[Si](C)(C)C(C)(C)C. The van der Waals surface area contributed by atoms with Crippen LogP contribution in [-0.2, 0) is 14.0 Å². The Labute approximate surface area is 295 Å². The Morgan fingerprint density at radius 2 is 1.47 bits per heavy atom. The van der Waals surface area contributed by atoms with Gasteiger partial charge < -0.3 is 19.0 Å². The van der Waals surface area contributed by atoms with Crippen LogP contribution in [-0.4, -0.2) is 43.7 Å². The van der Waals surface area contributed by atoms with Gasteiger partial charge >= 0.3 is 11.9 Å². The fourth-order valence-corrected chi connectivity index (χ4v) is 7.70. The van der Waals surface area contributed by atoms with Crippen molar-refractivity contribution in [3.8, 4) is 16.9 Å². The Morgan fingerprint density at radius 3 is 2.10 bits per heavy atom. The largest absolute Gasteiger partial charge is 0.488 e. The molecular formula is C42H56O6Si. The van der Waals surface area contributed by atoms with E-state index in [1.54, 1.807) is 0 Å². The molecule has 49 heavy (non-hydrogen) atoms. The third-order valence-electron chi connectivity index (χ3n) is 10.2. The van der Waals surface area contributed by atoms with Crippen LogP contribution >= 0.6 is 0 Å². The summed E-state index contributed by atoms with van der Waals surface area (Å²) < 4.78 is 19.7. The lowest BCUT2D eigenvalue weighted by molar-refractivity contribution is -0.137. The Balaban J connectivity index is 1.45. The molecule has 0 bridgehead atoms. The number of ether oxygens (including phenoxy) is 2. The zero-order chi connectivity index (χ0) is 35.4. The molecule has 0 saturated carbocycles. The molecule has 0 aromatic heterocycles. The van der Waals surface area contributed by atoms with Gasteiger partial charge in [0, 0.05) is 18.8 Å².